The molecule has 0 radical (unpaired) electrons. The summed E-state index contributed by atoms with van der Waals surface area (Å²) in [6.45, 7) is 1.99. The Labute approximate surface area is 197 Å². The summed E-state index contributed by atoms with van der Waals surface area (Å²) in [4.78, 5) is 30.4. The number of carbonyl (C=O) groups excluding carboxylic acids is 1. The minimum atomic E-state index is -1.06. The molecular weight excluding hydrogens is 435 g/mol. The van der Waals surface area contributed by atoms with Crippen LogP contribution in [0.1, 0.15) is 11.1 Å². The van der Waals surface area contributed by atoms with Crippen molar-refractivity contribution in [2.24, 2.45) is 0 Å². The van der Waals surface area contributed by atoms with Crippen LogP contribution in [-0.2, 0) is 4.79 Å². The predicted octanol–water partition coefficient (Wildman–Crippen LogP) is 3.97. The Morgan fingerprint density at radius 1 is 0.912 bits per heavy atom. The van der Waals surface area contributed by atoms with E-state index in [2.05, 4.69) is 15.2 Å². The molecule has 1 aliphatic rings. The lowest BCUT2D eigenvalue weighted by Gasteiger charge is -2.36. The Morgan fingerprint density at radius 3 is 2.26 bits per heavy atom. The molecule has 34 heavy (non-hydrogen) atoms. The summed E-state index contributed by atoms with van der Waals surface area (Å²) in [5, 5.41) is 11.1. The number of hydrogen-bond acceptors (Lipinski definition) is 4. The van der Waals surface area contributed by atoms with E-state index < -0.39 is 5.97 Å². The number of aromatic nitrogens is 1. The molecule has 2 N–H and O–H groups in total. The standard InChI is InChI=1S/C26H25FN4O3/c27-23-16-20(15-22(17-23)21-7-9-28-10-8-21)2-1-19-3-5-24(6-4-19)30-11-13-31(14-12-30)26(34)29-18-25(32)33/h1-10,15-17H,11-14,18H2,(H,29,34)(H,32,33). The van der Waals surface area contributed by atoms with Crippen LogP contribution in [0, 0.1) is 5.82 Å². The van der Waals surface area contributed by atoms with Crippen LogP contribution in [0.3, 0.4) is 0 Å². The first-order chi connectivity index (χ1) is 16.5. The van der Waals surface area contributed by atoms with Crippen LogP contribution in [-0.4, -0.2) is 59.7 Å². The lowest BCUT2D eigenvalue weighted by molar-refractivity contribution is -0.135. The van der Waals surface area contributed by atoms with Crippen LogP contribution < -0.4 is 10.2 Å². The highest BCUT2D eigenvalue weighted by atomic mass is 19.1. The van der Waals surface area contributed by atoms with Gasteiger partial charge in [-0.2, -0.15) is 0 Å². The quantitative estimate of drug-likeness (QED) is 0.544. The molecule has 0 aliphatic carbocycles. The Morgan fingerprint density at radius 2 is 1.59 bits per heavy atom. The van der Waals surface area contributed by atoms with Crippen molar-refractivity contribution in [1.29, 1.82) is 0 Å². The van der Waals surface area contributed by atoms with Gasteiger partial charge >= 0.3 is 12.0 Å². The Kier molecular flexibility index (Phi) is 7.17. The number of carboxylic acid groups (broad SMARTS) is 1. The first kappa shape index (κ1) is 23.0. The van der Waals surface area contributed by atoms with Gasteiger partial charge in [0.1, 0.15) is 12.4 Å². The summed E-state index contributed by atoms with van der Waals surface area (Å²) in [6.07, 6.45) is 7.20. The highest BCUT2D eigenvalue weighted by molar-refractivity contribution is 5.80. The van der Waals surface area contributed by atoms with E-state index in [0.29, 0.717) is 26.2 Å². The number of nitrogens with zero attached hydrogens (tertiary/aromatic N) is 3. The molecule has 7 nitrogen and oxygen atoms in total. The van der Waals surface area contributed by atoms with Gasteiger partial charge in [-0.25, -0.2) is 9.18 Å². The van der Waals surface area contributed by atoms with Gasteiger partial charge in [0.05, 0.1) is 0 Å². The minimum Gasteiger partial charge on any atom is -0.480 e. The van der Waals surface area contributed by atoms with E-state index in [0.717, 1.165) is 27.9 Å². The maximum atomic E-state index is 14.1. The zero-order valence-electron chi connectivity index (χ0n) is 18.5. The van der Waals surface area contributed by atoms with E-state index in [4.69, 9.17) is 5.11 Å². The van der Waals surface area contributed by atoms with Crippen molar-refractivity contribution in [2.75, 3.05) is 37.6 Å². The normalized spacial score (nSPS) is 13.8. The average molecular weight is 461 g/mol. The number of benzene rings is 2. The zero-order chi connectivity index (χ0) is 23.9. The first-order valence-corrected chi connectivity index (χ1v) is 11.0. The monoisotopic (exact) mass is 460 g/mol. The van der Waals surface area contributed by atoms with Crippen molar-refractivity contribution < 1.29 is 19.1 Å². The Bertz CT molecular complexity index is 1170. The van der Waals surface area contributed by atoms with E-state index in [1.165, 1.54) is 12.1 Å². The molecule has 1 aliphatic heterocycles. The summed E-state index contributed by atoms with van der Waals surface area (Å²) in [5.41, 5.74) is 4.52. The molecule has 1 aromatic heterocycles. The number of hydrogen-bond donors (Lipinski definition) is 2. The molecule has 0 unspecified atom stereocenters. The van der Waals surface area contributed by atoms with Gasteiger partial charge in [-0.15, -0.1) is 0 Å². The van der Waals surface area contributed by atoms with E-state index in [1.54, 1.807) is 17.3 Å². The van der Waals surface area contributed by atoms with Crippen molar-refractivity contribution >= 4 is 29.8 Å². The van der Waals surface area contributed by atoms with Crippen LogP contribution >= 0.6 is 0 Å². The number of aliphatic carboxylic acids is 1. The van der Waals surface area contributed by atoms with Crippen LogP contribution in [0.25, 0.3) is 23.3 Å². The molecule has 3 aromatic rings. The van der Waals surface area contributed by atoms with Crippen molar-refractivity contribution in [3.8, 4) is 11.1 Å². The van der Waals surface area contributed by atoms with Gasteiger partial charge in [-0.3, -0.25) is 9.78 Å². The van der Waals surface area contributed by atoms with Gasteiger partial charge in [-0.05, 0) is 64.7 Å². The van der Waals surface area contributed by atoms with E-state index >= 15 is 0 Å². The maximum absolute atomic E-state index is 14.1. The smallest absolute Gasteiger partial charge is 0.323 e. The second-order valence-corrected chi connectivity index (χ2v) is 7.96. The summed E-state index contributed by atoms with van der Waals surface area (Å²) in [5.74, 6) is -1.35. The van der Waals surface area contributed by atoms with Gasteiger partial charge in [-0.1, -0.05) is 24.3 Å². The van der Waals surface area contributed by atoms with Gasteiger partial charge < -0.3 is 20.2 Å². The fraction of sp³-hybridized carbons (Fsp3) is 0.192. The molecule has 174 valence electrons. The van der Waals surface area contributed by atoms with Crippen LogP contribution in [0.5, 0.6) is 0 Å². The van der Waals surface area contributed by atoms with Crippen LogP contribution in [0.4, 0.5) is 14.9 Å². The fourth-order valence-electron chi connectivity index (χ4n) is 3.84. The highest BCUT2D eigenvalue weighted by Crippen LogP contribution is 2.23. The number of halogens is 1. The summed E-state index contributed by atoms with van der Waals surface area (Å²) in [6, 6.07) is 16.3. The summed E-state index contributed by atoms with van der Waals surface area (Å²) < 4.78 is 14.1. The number of urea groups is 1. The van der Waals surface area contributed by atoms with Gasteiger partial charge in [0.15, 0.2) is 0 Å². The molecular formula is C26H25FN4O3. The molecule has 0 bridgehead atoms. The lowest BCUT2D eigenvalue weighted by Crippen LogP contribution is -2.52. The molecule has 0 spiro atoms. The third-order valence-corrected chi connectivity index (χ3v) is 5.62. The molecule has 2 aromatic carbocycles. The number of pyridine rings is 1. The molecule has 8 heteroatoms. The predicted molar refractivity (Wildman–Crippen MR) is 130 cm³/mol. The molecule has 0 atom stereocenters. The number of amides is 2. The van der Waals surface area contributed by atoms with Crippen molar-refractivity contribution in [3.63, 3.8) is 0 Å². The maximum Gasteiger partial charge on any atom is 0.323 e. The number of carboxylic acids is 1. The average Bonchev–Trinajstić information content (AvgIpc) is 2.86. The Hall–Kier alpha value is -4.20. The topological polar surface area (TPSA) is 85.8 Å². The summed E-state index contributed by atoms with van der Waals surface area (Å²) >= 11 is 0. The number of anilines is 1. The second-order valence-electron chi connectivity index (χ2n) is 7.96. The van der Waals surface area contributed by atoms with Crippen molar-refractivity contribution in [3.05, 3.63) is 83.9 Å². The van der Waals surface area contributed by atoms with Crippen molar-refractivity contribution in [2.45, 2.75) is 0 Å². The first-order valence-electron chi connectivity index (χ1n) is 11.0. The zero-order valence-corrected chi connectivity index (χ0v) is 18.5. The molecule has 4 rings (SSSR count). The fourth-order valence-corrected chi connectivity index (χ4v) is 3.84. The van der Waals surface area contributed by atoms with E-state index in [1.807, 2.05) is 54.6 Å². The van der Waals surface area contributed by atoms with E-state index in [-0.39, 0.29) is 18.4 Å². The molecule has 1 saturated heterocycles. The van der Waals surface area contributed by atoms with Crippen LogP contribution in [0.2, 0.25) is 0 Å². The molecule has 2 heterocycles. The number of rotatable bonds is 6. The van der Waals surface area contributed by atoms with E-state index in [9.17, 15) is 14.0 Å². The van der Waals surface area contributed by atoms with Gasteiger partial charge in [0.25, 0.3) is 0 Å². The third-order valence-electron chi connectivity index (χ3n) is 5.62. The lowest BCUT2D eigenvalue weighted by atomic mass is 10.0. The summed E-state index contributed by atoms with van der Waals surface area (Å²) in [7, 11) is 0. The minimum absolute atomic E-state index is 0.292. The van der Waals surface area contributed by atoms with Gasteiger partial charge in [0.2, 0.25) is 0 Å². The number of carbonyl (C=O) groups is 2. The second kappa shape index (κ2) is 10.6. The number of piperazine rings is 1. The third kappa shape index (κ3) is 5.98. The molecule has 2 amide bonds. The van der Waals surface area contributed by atoms with Crippen molar-refractivity contribution in [1.82, 2.24) is 15.2 Å². The molecule has 0 saturated carbocycles. The largest absolute Gasteiger partial charge is 0.480 e. The van der Waals surface area contributed by atoms with Crippen LogP contribution in [0.15, 0.2) is 67.0 Å². The Balaban J connectivity index is 1.36. The molecule has 1 fully saturated rings. The van der Waals surface area contributed by atoms with Gasteiger partial charge in [0, 0.05) is 44.3 Å². The highest BCUT2D eigenvalue weighted by Gasteiger charge is 2.21. The SMILES string of the molecule is O=C(O)CNC(=O)N1CCN(c2ccc(C=Cc3cc(F)cc(-c4ccncc4)c3)cc2)CC1. The number of nitrogens with one attached hydrogen (secondary N) is 1.